The van der Waals surface area contributed by atoms with Crippen molar-refractivity contribution in [3.8, 4) is 0 Å². The van der Waals surface area contributed by atoms with E-state index in [0.717, 1.165) is 12.8 Å². The average molecular weight is 272 g/mol. The lowest BCUT2D eigenvalue weighted by molar-refractivity contribution is -0.876. The molecular weight excluding hydrogens is 242 g/mol. The van der Waals surface area contributed by atoms with E-state index in [1.54, 1.807) is 6.08 Å². The van der Waals surface area contributed by atoms with E-state index in [1.807, 2.05) is 27.2 Å². The van der Waals surface area contributed by atoms with E-state index in [4.69, 9.17) is 5.11 Å². The molecule has 0 bridgehead atoms. The van der Waals surface area contributed by atoms with E-state index in [1.165, 1.54) is 19.3 Å². The monoisotopic (exact) mass is 272 g/mol. The van der Waals surface area contributed by atoms with Crippen LogP contribution in [0.2, 0.25) is 0 Å². The van der Waals surface area contributed by atoms with Crippen LogP contribution in [0.15, 0.2) is 12.2 Å². The van der Waals surface area contributed by atoms with Crippen molar-refractivity contribution in [1.82, 2.24) is 0 Å². The van der Waals surface area contributed by atoms with E-state index in [-0.39, 0.29) is 6.42 Å². The van der Waals surface area contributed by atoms with E-state index in [0.29, 0.717) is 11.0 Å². The Morgan fingerprint density at radius 3 is 2.32 bits per heavy atom. The van der Waals surface area contributed by atoms with Gasteiger partial charge in [-0.2, -0.15) is 0 Å². The lowest BCUT2D eigenvalue weighted by Gasteiger charge is -2.32. The van der Waals surface area contributed by atoms with E-state index in [9.17, 15) is 9.90 Å². The molecule has 0 radical (unpaired) electrons. The molecule has 0 saturated carbocycles. The van der Waals surface area contributed by atoms with Gasteiger partial charge in [-0.1, -0.05) is 38.3 Å². The van der Waals surface area contributed by atoms with Crippen molar-refractivity contribution < 1.29 is 19.5 Å². The summed E-state index contributed by atoms with van der Waals surface area (Å²) in [6.45, 7) is 2.56. The van der Waals surface area contributed by atoms with Gasteiger partial charge in [-0.05, 0) is 12.8 Å². The Hall–Kier alpha value is -0.870. The van der Waals surface area contributed by atoms with Crippen LogP contribution >= 0.6 is 0 Å². The first-order valence-corrected chi connectivity index (χ1v) is 7.11. The summed E-state index contributed by atoms with van der Waals surface area (Å²) in [7, 11) is 5.84. The number of rotatable bonds is 10. The molecule has 112 valence electrons. The van der Waals surface area contributed by atoms with Gasteiger partial charge < -0.3 is 14.7 Å². The minimum atomic E-state index is -1.26. The summed E-state index contributed by atoms with van der Waals surface area (Å²) in [5.41, 5.74) is -1.26. The van der Waals surface area contributed by atoms with Crippen LogP contribution in [0.3, 0.4) is 0 Å². The molecular formula is C15H30NO3+. The number of carboxylic acid groups (broad SMARTS) is 1. The first kappa shape index (κ1) is 18.1. The normalized spacial score (nSPS) is 15.6. The number of carbonyl (C=O) groups is 1. The Morgan fingerprint density at radius 2 is 1.84 bits per heavy atom. The zero-order chi connectivity index (χ0) is 14.9. The molecule has 0 spiro atoms. The Labute approximate surface area is 117 Å². The first-order valence-electron chi connectivity index (χ1n) is 7.11. The average Bonchev–Trinajstić information content (AvgIpc) is 2.19. The smallest absolute Gasteiger partial charge is 0.306 e. The molecule has 0 aliphatic carbocycles. The number of carboxylic acids is 1. The minimum absolute atomic E-state index is 0.242. The van der Waals surface area contributed by atoms with Crippen LogP contribution in [0.25, 0.3) is 0 Å². The highest BCUT2D eigenvalue weighted by Crippen LogP contribution is 2.17. The number of allylic oxidation sites excluding steroid dienone is 1. The molecule has 4 nitrogen and oxygen atoms in total. The van der Waals surface area contributed by atoms with Crippen LogP contribution in [0.5, 0.6) is 0 Å². The Balaban J connectivity index is 4.41. The SMILES string of the molecule is CCCCCCC=CC(O)(CC(=O)O)C[N+](C)(C)C. The quantitative estimate of drug-likeness (QED) is 0.365. The van der Waals surface area contributed by atoms with Gasteiger partial charge in [0, 0.05) is 0 Å². The lowest BCUT2D eigenvalue weighted by atomic mass is 9.97. The largest absolute Gasteiger partial charge is 0.481 e. The number of aliphatic hydroxyl groups is 1. The molecule has 0 heterocycles. The van der Waals surface area contributed by atoms with Crippen LogP contribution in [0.4, 0.5) is 0 Å². The van der Waals surface area contributed by atoms with Gasteiger partial charge in [0.1, 0.15) is 12.1 Å². The van der Waals surface area contributed by atoms with Gasteiger partial charge in [0.15, 0.2) is 0 Å². The fraction of sp³-hybridized carbons (Fsp3) is 0.800. The third-order valence-corrected chi connectivity index (χ3v) is 2.86. The van der Waals surface area contributed by atoms with E-state index < -0.39 is 11.6 Å². The van der Waals surface area contributed by atoms with Gasteiger partial charge in [0.05, 0.1) is 27.6 Å². The number of hydrogen-bond acceptors (Lipinski definition) is 2. The highest BCUT2D eigenvalue weighted by Gasteiger charge is 2.33. The van der Waals surface area contributed by atoms with Crippen molar-refractivity contribution in [2.75, 3.05) is 27.7 Å². The van der Waals surface area contributed by atoms with E-state index in [2.05, 4.69) is 6.92 Å². The molecule has 1 unspecified atom stereocenters. The summed E-state index contributed by atoms with van der Waals surface area (Å²) >= 11 is 0. The Bertz CT molecular complexity index is 294. The van der Waals surface area contributed by atoms with Crippen LogP contribution in [-0.2, 0) is 4.79 Å². The number of quaternary nitrogens is 1. The van der Waals surface area contributed by atoms with Crippen molar-refractivity contribution in [3.05, 3.63) is 12.2 Å². The second-order valence-corrected chi connectivity index (χ2v) is 6.37. The van der Waals surface area contributed by atoms with Crippen molar-refractivity contribution in [1.29, 1.82) is 0 Å². The van der Waals surface area contributed by atoms with Gasteiger partial charge in [-0.15, -0.1) is 0 Å². The van der Waals surface area contributed by atoms with Gasteiger partial charge in [-0.3, -0.25) is 4.79 Å². The molecule has 0 amide bonds. The molecule has 2 N–H and O–H groups in total. The van der Waals surface area contributed by atoms with Gasteiger partial charge >= 0.3 is 5.97 Å². The molecule has 0 aliphatic heterocycles. The van der Waals surface area contributed by atoms with Crippen molar-refractivity contribution in [2.45, 2.75) is 51.0 Å². The summed E-state index contributed by atoms with van der Waals surface area (Å²) in [6, 6.07) is 0. The second-order valence-electron chi connectivity index (χ2n) is 6.37. The summed E-state index contributed by atoms with van der Waals surface area (Å²) in [5, 5.41) is 19.4. The van der Waals surface area contributed by atoms with Crippen molar-refractivity contribution >= 4 is 5.97 Å². The number of aliphatic carboxylic acids is 1. The van der Waals surface area contributed by atoms with Crippen molar-refractivity contribution in [2.24, 2.45) is 0 Å². The number of unbranched alkanes of at least 4 members (excludes halogenated alkanes) is 4. The van der Waals surface area contributed by atoms with Crippen molar-refractivity contribution in [3.63, 3.8) is 0 Å². The van der Waals surface area contributed by atoms with Crippen LogP contribution in [0.1, 0.15) is 45.4 Å². The molecule has 0 aromatic heterocycles. The fourth-order valence-corrected chi connectivity index (χ4v) is 2.24. The third kappa shape index (κ3) is 10.7. The predicted octanol–water partition coefficient (Wildman–Crippen LogP) is 2.43. The molecule has 0 fully saturated rings. The highest BCUT2D eigenvalue weighted by molar-refractivity contribution is 5.68. The van der Waals surface area contributed by atoms with Gasteiger partial charge in [0.25, 0.3) is 0 Å². The molecule has 19 heavy (non-hydrogen) atoms. The molecule has 0 saturated heterocycles. The van der Waals surface area contributed by atoms with Crippen LogP contribution in [-0.4, -0.2) is 54.0 Å². The molecule has 1 atom stereocenters. The predicted molar refractivity (Wildman–Crippen MR) is 78.0 cm³/mol. The lowest BCUT2D eigenvalue weighted by Crippen LogP contribution is -2.49. The van der Waals surface area contributed by atoms with Crippen LogP contribution < -0.4 is 0 Å². The number of nitrogens with zero attached hydrogens (tertiary/aromatic N) is 1. The zero-order valence-electron chi connectivity index (χ0n) is 12.9. The third-order valence-electron chi connectivity index (χ3n) is 2.86. The topological polar surface area (TPSA) is 57.5 Å². The molecule has 0 rings (SSSR count). The first-order chi connectivity index (χ1) is 8.68. The van der Waals surface area contributed by atoms with Crippen LogP contribution in [0, 0.1) is 0 Å². The Kier molecular flexibility index (Phi) is 7.95. The van der Waals surface area contributed by atoms with E-state index >= 15 is 0 Å². The summed E-state index contributed by atoms with van der Waals surface area (Å²) in [6.07, 6.45) is 8.98. The maximum atomic E-state index is 10.9. The highest BCUT2D eigenvalue weighted by atomic mass is 16.4. The maximum Gasteiger partial charge on any atom is 0.306 e. The zero-order valence-corrected chi connectivity index (χ0v) is 12.9. The summed E-state index contributed by atoms with van der Waals surface area (Å²) in [5.74, 6) is -0.966. The molecule has 0 aromatic rings. The maximum absolute atomic E-state index is 10.9. The second kappa shape index (κ2) is 8.33. The standard InChI is InChI=1S/C15H29NO3/c1-5-6-7-8-9-10-11-15(19,12-14(17)18)13-16(2,3)4/h10-11,19H,5-9,12-13H2,1-4H3/p+1. The molecule has 0 aromatic carbocycles. The molecule has 0 aliphatic rings. The van der Waals surface area contributed by atoms with Gasteiger partial charge in [-0.25, -0.2) is 0 Å². The number of likely N-dealkylation sites (N-methyl/N-ethyl adjacent to an activating group) is 1. The summed E-state index contributed by atoms with van der Waals surface area (Å²) in [4.78, 5) is 10.9. The number of hydrogen-bond donors (Lipinski definition) is 2. The minimum Gasteiger partial charge on any atom is -0.481 e. The Morgan fingerprint density at radius 1 is 1.21 bits per heavy atom. The fourth-order valence-electron chi connectivity index (χ4n) is 2.24. The van der Waals surface area contributed by atoms with Gasteiger partial charge in [0.2, 0.25) is 0 Å². The molecule has 4 heteroatoms. The summed E-state index contributed by atoms with van der Waals surface area (Å²) < 4.78 is 0.532.